The minimum atomic E-state index is 0. The molecule has 1 aliphatic rings. The van der Waals surface area contributed by atoms with Gasteiger partial charge in [0.2, 0.25) is 0 Å². The molecule has 0 bridgehead atoms. The highest BCUT2D eigenvalue weighted by atomic mass is 35.5. The van der Waals surface area contributed by atoms with Gasteiger partial charge in [0.05, 0.1) is 6.10 Å². The third kappa shape index (κ3) is 2.12. The van der Waals surface area contributed by atoms with Gasteiger partial charge in [0.1, 0.15) is 0 Å². The quantitative estimate of drug-likeness (QED) is 0.602. The molecule has 1 rings (SSSR count). The topological polar surface area (TPSA) is 35.2 Å². The third-order valence-corrected chi connectivity index (χ3v) is 1.77. The summed E-state index contributed by atoms with van der Waals surface area (Å²) >= 11 is 0. The number of ether oxygens (including phenoxy) is 1. The van der Waals surface area contributed by atoms with E-state index in [1.165, 1.54) is 6.42 Å². The van der Waals surface area contributed by atoms with Crippen LogP contribution in [-0.4, -0.2) is 19.3 Å². The summed E-state index contributed by atoms with van der Waals surface area (Å²) in [7, 11) is 0. The van der Waals surface area contributed by atoms with Gasteiger partial charge in [-0.15, -0.1) is 12.4 Å². The van der Waals surface area contributed by atoms with Crippen molar-refractivity contribution in [3.63, 3.8) is 0 Å². The monoisotopic (exact) mass is 151 g/mol. The van der Waals surface area contributed by atoms with Gasteiger partial charge in [0.15, 0.2) is 0 Å². The first kappa shape index (κ1) is 9.21. The second-order valence-corrected chi connectivity index (χ2v) is 2.41. The van der Waals surface area contributed by atoms with E-state index in [2.05, 4.69) is 6.92 Å². The van der Waals surface area contributed by atoms with Gasteiger partial charge in [-0.05, 0) is 12.3 Å². The van der Waals surface area contributed by atoms with Gasteiger partial charge in [0.25, 0.3) is 0 Å². The first-order valence-corrected chi connectivity index (χ1v) is 3.16. The van der Waals surface area contributed by atoms with Crippen LogP contribution in [-0.2, 0) is 4.74 Å². The molecule has 0 radical (unpaired) electrons. The fraction of sp³-hybridized carbons (Fsp3) is 1.00. The highest BCUT2D eigenvalue weighted by Crippen LogP contribution is 2.18. The van der Waals surface area contributed by atoms with Crippen LogP contribution < -0.4 is 5.73 Å². The maximum absolute atomic E-state index is 5.40. The second kappa shape index (κ2) is 4.09. The zero-order valence-corrected chi connectivity index (χ0v) is 6.49. The Morgan fingerprint density at radius 1 is 1.67 bits per heavy atom. The molecule has 0 aromatic carbocycles. The van der Waals surface area contributed by atoms with E-state index >= 15 is 0 Å². The lowest BCUT2D eigenvalue weighted by Gasteiger charge is -2.09. The lowest BCUT2D eigenvalue weighted by atomic mass is 10.1. The third-order valence-electron chi connectivity index (χ3n) is 1.77. The van der Waals surface area contributed by atoms with E-state index in [1.54, 1.807) is 0 Å². The number of rotatable bonds is 1. The van der Waals surface area contributed by atoms with Crippen LogP contribution in [0.4, 0.5) is 0 Å². The molecule has 1 aliphatic heterocycles. The molecule has 1 heterocycles. The van der Waals surface area contributed by atoms with Gasteiger partial charge in [-0.1, -0.05) is 6.92 Å². The molecule has 0 saturated carbocycles. The maximum atomic E-state index is 5.40. The van der Waals surface area contributed by atoms with Crippen molar-refractivity contribution in [3.8, 4) is 0 Å². The lowest BCUT2D eigenvalue weighted by Crippen LogP contribution is -2.23. The molecule has 56 valence electrons. The first-order chi connectivity index (χ1) is 3.84. The zero-order valence-electron chi connectivity index (χ0n) is 5.67. The average Bonchev–Trinajstić information content (AvgIpc) is 2.14. The van der Waals surface area contributed by atoms with E-state index in [4.69, 9.17) is 10.5 Å². The number of nitrogens with two attached hydrogens (primary N) is 1. The maximum Gasteiger partial charge on any atom is 0.0723 e. The van der Waals surface area contributed by atoms with E-state index < -0.39 is 0 Å². The molecule has 0 aliphatic carbocycles. The van der Waals surface area contributed by atoms with Crippen LogP contribution in [0.5, 0.6) is 0 Å². The minimum absolute atomic E-state index is 0. The zero-order chi connectivity index (χ0) is 5.98. The number of hydrogen-bond donors (Lipinski definition) is 1. The molecule has 0 spiro atoms. The summed E-state index contributed by atoms with van der Waals surface area (Å²) in [5.74, 6) is 0.681. The molecule has 1 saturated heterocycles. The Kier molecular flexibility index (Phi) is 4.19. The molecule has 2 nitrogen and oxygen atoms in total. The molecule has 3 heteroatoms. The molecule has 1 fully saturated rings. The van der Waals surface area contributed by atoms with E-state index in [0.717, 1.165) is 6.61 Å². The summed E-state index contributed by atoms with van der Waals surface area (Å²) in [6.07, 6.45) is 1.52. The standard InChI is InChI=1S/C6H13NO.ClH/c1-5-2-3-8-6(5)4-7;/h5-6H,2-4,7H2,1H3;1H/t5-,6-;/m0./s1. The summed E-state index contributed by atoms with van der Waals surface area (Å²) in [6.45, 7) is 3.77. The van der Waals surface area contributed by atoms with E-state index in [0.29, 0.717) is 18.6 Å². The largest absolute Gasteiger partial charge is 0.377 e. The Morgan fingerprint density at radius 3 is 2.56 bits per heavy atom. The molecule has 0 amide bonds. The van der Waals surface area contributed by atoms with Crippen molar-refractivity contribution < 1.29 is 4.74 Å². The van der Waals surface area contributed by atoms with Gasteiger partial charge in [-0.2, -0.15) is 0 Å². The predicted octanol–water partition coefficient (Wildman–Crippen LogP) is 0.792. The van der Waals surface area contributed by atoms with Crippen molar-refractivity contribution in [2.75, 3.05) is 13.2 Å². The fourth-order valence-corrected chi connectivity index (χ4v) is 1.06. The van der Waals surface area contributed by atoms with Crippen LogP contribution in [0.1, 0.15) is 13.3 Å². The van der Waals surface area contributed by atoms with Crippen LogP contribution in [0.15, 0.2) is 0 Å². The van der Waals surface area contributed by atoms with E-state index in [9.17, 15) is 0 Å². The Morgan fingerprint density at radius 2 is 2.33 bits per heavy atom. The number of halogens is 1. The molecule has 2 N–H and O–H groups in total. The minimum Gasteiger partial charge on any atom is -0.377 e. The molecule has 9 heavy (non-hydrogen) atoms. The predicted molar refractivity (Wildman–Crippen MR) is 39.8 cm³/mol. The molecule has 0 unspecified atom stereocenters. The summed E-state index contributed by atoms with van der Waals surface area (Å²) in [6, 6.07) is 0. The highest BCUT2D eigenvalue weighted by Gasteiger charge is 2.21. The first-order valence-electron chi connectivity index (χ1n) is 3.16. The Balaban J connectivity index is 0.000000640. The average molecular weight is 152 g/mol. The van der Waals surface area contributed by atoms with Crippen LogP contribution in [0, 0.1) is 5.92 Å². The number of hydrogen-bond acceptors (Lipinski definition) is 2. The Labute approximate surface area is 62.2 Å². The highest BCUT2D eigenvalue weighted by molar-refractivity contribution is 5.85. The van der Waals surface area contributed by atoms with Crippen LogP contribution in [0.3, 0.4) is 0 Å². The van der Waals surface area contributed by atoms with Crippen LogP contribution in [0.25, 0.3) is 0 Å². The van der Waals surface area contributed by atoms with Crippen molar-refractivity contribution in [3.05, 3.63) is 0 Å². The van der Waals surface area contributed by atoms with Gasteiger partial charge < -0.3 is 10.5 Å². The van der Waals surface area contributed by atoms with E-state index in [-0.39, 0.29) is 12.4 Å². The molecule has 0 aromatic heterocycles. The van der Waals surface area contributed by atoms with Crippen molar-refractivity contribution in [1.29, 1.82) is 0 Å². The second-order valence-electron chi connectivity index (χ2n) is 2.41. The smallest absolute Gasteiger partial charge is 0.0723 e. The van der Waals surface area contributed by atoms with Crippen molar-refractivity contribution in [1.82, 2.24) is 0 Å². The van der Waals surface area contributed by atoms with Gasteiger partial charge >= 0.3 is 0 Å². The van der Waals surface area contributed by atoms with Crippen molar-refractivity contribution >= 4 is 12.4 Å². The molecule has 0 aromatic rings. The van der Waals surface area contributed by atoms with Crippen molar-refractivity contribution in [2.24, 2.45) is 11.7 Å². The summed E-state index contributed by atoms with van der Waals surface area (Å²) in [5, 5.41) is 0. The van der Waals surface area contributed by atoms with Crippen LogP contribution in [0.2, 0.25) is 0 Å². The van der Waals surface area contributed by atoms with Gasteiger partial charge in [0, 0.05) is 13.2 Å². The Hall–Kier alpha value is 0.210. The van der Waals surface area contributed by atoms with Gasteiger partial charge in [-0.25, -0.2) is 0 Å². The van der Waals surface area contributed by atoms with Gasteiger partial charge in [-0.3, -0.25) is 0 Å². The SMILES string of the molecule is C[C@H]1CCO[C@H]1CN.Cl. The van der Waals surface area contributed by atoms with Crippen LogP contribution >= 0.6 is 12.4 Å². The van der Waals surface area contributed by atoms with E-state index in [1.807, 2.05) is 0 Å². The lowest BCUT2D eigenvalue weighted by molar-refractivity contribution is 0.101. The normalized spacial score (nSPS) is 34.0. The molecular formula is C6H14ClNO. The fourth-order valence-electron chi connectivity index (χ4n) is 1.06. The summed E-state index contributed by atoms with van der Waals surface area (Å²) in [5.41, 5.74) is 5.40. The summed E-state index contributed by atoms with van der Waals surface area (Å²) in [4.78, 5) is 0. The molecular weight excluding hydrogens is 138 g/mol. The Bertz CT molecular complexity index is 79.5. The van der Waals surface area contributed by atoms with Crippen molar-refractivity contribution in [2.45, 2.75) is 19.4 Å². The summed E-state index contributed by atoms with van der Waals surface area (Å²) < 4.78 is 5.29. The molecule has 2 atom stereocenters.